The highest BCUT2D eigenvalue weighted by Gasteiger charge is 2.19. The molecule has 0 spiro atoms. The van der Waals surface area contributed by atoms with Crippen LogP contribution < -0.4 is 5.32 Å². The van der Waals surface area contributed by atoms with Crippen LogP contribution in [0, 0.1) is 0 Å². The Hall–Kier alpha value is -1.27. The third kappa shape index (κ3) is 4.63. The van der Waals surface area contributed by atoms with Gasteiger partial charge in [-0.2, -0.15) is 0 Å². The highest BCUT2D eigenvalue weighted by Crippen LogP contribution is 2.29. The zero-order valence-corrected chi connectivity index (χ0v) is 16.3. The van der Waals surface area contributed by atoms with Gasteiger partial charge < -0.3 is 10.2 Å². The smallest absolute Gasteiger partial charge is 0.255 e. The third-order valence-corrected chi connectivity index (χ3v) is 4.57. The Bertz CT molecular complexity index is 779. The predicted octanol–water partition coefficient (Wildman–Crippen LogP) is 5.12. The van der Waals surface area contributed by atoms with Gasteiger partial charge in [0, 0.05) is 11.5 Å². The summed E-state index contributed by atoms with van der Waals surface area (Å²) in [4.78, 5) is 25.8. The van der Waals surface area contributed by atoms with Crippen molar-refractivity contribution in [3.63, 3.8) is 0 Å². The lowest BCUT2D eigenvalue weighted by atomic mass is 10.2. The van der Waals surface area contributed by atoms with Crippen molar-refractivity contribution in [2.45, 2.75) is 0 Å². The molecule has 0 saturated carbocycles. The second-order valence-corrected chi connectivity index (χ2v) is 7.07. The number of nitrogens with zero attached hydrogens (tertiary/aromatic N) is 1. The Morgan fingerprint density at radius 2 is 1.71 bits per heavy atom. The molecule has 2 aromatic rings. The molecule has 24 heavy (non-hydrogen) atoms. The average Bonchev–Trinajstić information content (AvgIpc) is 2.52. The first-order chi connectivity index (χ1) is 11.3. The van der Waals surface area contributed by atoms with Crippen molar-refractivity contribution in [1.29, 1.82) is 0 Å². The van der Waals surface area contributed by atoms with E-state index in [1.807, 2.05) is 0 Å². The zero-order chi connectivity index (χ0) is 17.9. The van der Waals surface area contributed by atoms with Gasteiger partial charge in [0.2, 0.25) is 5.91 Å². The molecule has 0 fully saturated rings. The van der Waals surface area contributed by atoms with E-state index in [-0.39, 0.29) is 12.5 Å². The molecule has 0 aliphatic heterocycles. The molecular weight excluding hydrogens is 438 g/mol. The van der Waals surface area contributed by atoms with E-state index in [9.17, 15) is 9.59 Å². The summed E-state index contributed by atoms with van der Waals surface area (Å²) in [5.74, 6) is -0.798. The van der Waals surface area contributed by atoms with Crippen molar-refractivity contribution >= 4 is 68.2 Å². The molecule has 0 bridgehead atoms. The lowest BCUT2D eigenvalue weighted by molar-refractivity contribution is -0.116. The molecule has 0 saturated heterocycles. The molecule has 4 nitrogen and oxygen atoms in total. The van der Waals surface area contributed by atoms with Crippen LogP contribution in [0.2, 0.25) is 15.1 Å². The minimum Gasteiger partial charge on any atom is -0.332 e. The minimum atomic E-state index is -0.424. The van der Waals surface area contributed by atoms with Crippen LogP contribution in [-0.2, 0) is 4.79 Å². The van der Waals surface area contributed by atoms with Crippen LogP contribution in [0.25, 0.3) is 0 Å². The van der Waals surface area contributed by atoms with Gasteiger partial charge in [0.1, 0.15) is 0 Å². The van der Waals surface area contributed by atoms with E-state index in [1.54, 1.807) is 36.4 Å². The Morgan fingerprint density at radius 3 is 2.33 bits per heavy atom. The molecule has 0 aliphatic rings. The van der Waals surface area contributed by atoms with Gasteiger partial charge in [0.05, 0.1) is 32.9 Å². The molecule has 0 heterocycles. The molecule has 2 rings (SSSR count). The normalized spacial score (nSPS) is 10.4. The molecule has 2 aromatic carbocycles. The van der Waals surface area contributed by atoms with E-state index in [0.717, 1.165) is 4.47 Å². The fraction of sp³-hybridized carbons (Fsp3) is 0.125. The maximum Gasteiger partial charge on any atom is 0.255 e. The maximum atomic E-state index is 12.4. The number of para-hydroxylation sites is 1. The Balaban J connectivity index is 2.08. The van der Waals surface area contributed by atoms with E-state index < -0.39 is 5.91 Å². The average molecular weight is 451 g/mol. The van der Waals surface area contributed by atoms with Gasteiger partial charge in [0.25, 0.3) is 5.91 Å². The first kappa shape index (κ1) is 19.1. The van der Waals surface area contributed by atoms with Gasteiger partial charge in [-0.1, -0.05) is 56.8 Å². The molecule has 0 aliphatic carbocycles. The summed E-state index contributed by atoms with van der Waals surface area (Å²) in [6.45, 7) is -0.177. The van der Waals surface area contributed by atoms with E-state index >= 15 is 0 Å². The molecule has 8 heteroatoms. The lowest BCUT2D eigenvalue weighted by Gasteiger charge is -2.18. The molecule has 1 N–H and O–H groups in total. The fourth-order valence-corrected chi connectivity index (χ4v) is 3.00. The van der Waals surface area contributed by atoms with Crippen molar-refractivity contribution in [3.8, 4) is 0 Å². The first-order valence-electron chi connectivity index (χ1n) is 6.74. The van der Waals surface area contributed by atoms with E-state index in [1.165, 1.54) is 11.9 Å². The summed E-state index contributed by atoms with van der Waals surface area (Å²) in [5, 5.41) is 3.55. The second-order valence-electron chi connectivity index (χ2n) is 4.93. The fourth-order valence-electron chi connectivity index (χ4n) is 1.95. The number of amides is 2. The number of hydrogen-bond donors (Lipinski definition) is 1. The largest absolute Gasteiger partial charge is 0.332 e. The van der Waals surface area contributed by atoms with Crippen molar-refractivity contribution in [1.82, 2.24) is 4.90 Å². The first-order valence-corrected chi connectivity index (χ1v) is 8.66. The van der Waals surface area contributed by atoms with Gasteiger partial charge in [-0.15, -0.1) is 0 Å². The minimum absolute atomic E-state index is 0.177. The number of benzene rings is 2. The number of likely N-dealkylation sites (N-methyl/N-ethyl adjacent to an activating group) is 1. The Labute approximate surface area is 162 Å². The van der Waals surface area contributed by atoms with Crippen LogP contribution in [0.15, 0.2) is 40.9 Å². The number of rotatable bonds is 4. The number of anilines is 1. The van der Waals surface area contributed by atoms with Gasteiger partial charge >= 0.3 is 0 Å². The van der Waals surface area contributed by atoms with Crippen molar-refractivity contribution < 1.29 is 9.59 Å². The third-order valence-electron chi connectivity index (χ3n) is 3.11. The lowest BCUT2D eigenvalue weighted by Crippen LogP contribution is -2.35. The summed E-state index contributed by atoms with van der Waals surface area (Å²) < 4.78 is 0.718. The van der Waals surface area contributed by atoms with Crippen LogP contribution in [0.4, 0.5) is 5.69 Å². The van der Waals surface area contributed by atoms with Crippen LogP contribution in [-0.4, -0.2) is 30.3 Å². The van der Waals surface area contributed by atoms with Gasteiger partial charge in [-0.25, -0.2) is 0 Å². The van der Waals surface area contributed by atoms with Gasteiger partial charge in [-0.05, 0) is 30.3 Å². The monoisotopic (exact) mass is 448 g/mol. The number of carbonyl (C=O) groups excluding carboxylic acids is 2. The molecule has 0 radical (unpaired) electrons. The predicted molar refractivity (Wildman–Crippen MR) is 101 cm³/mol. The number of halogens is 4. The van der Waals surface area contributed by atoms with E-state index in [2.05, 4.69) is 21.2 Å². The summed E-state index contributed by atoms with van der Waals surface area (Å²) in [5.41, 5.74) is 0.615. The van der Waals surface area contributed by atoms with Crippen LogP contribution in [0.5, 0.6) is 0 Å². The van der Waals surface area contributed by atoms with E-state index in [4.69, 9.17) is 34.8 Å². The van der Waals surface area contributed by atoms with E-state index in [0.29, 0.717) is 26.3 Å². The number of hydrogen-bond acceptors (Lipinski definition) is 2. The summed E-state index contributed by atoms with van der Waals surface area (Å²) >= 11 is 21.3. The SMILES string of the molecule is CN(CC(=O)Nc1c(Cl)cccc1Cl)C(=O)c1cc(Br)ccc1Cl. The summed E-state index contributed by atoms with van der Waals surface area (Å²) in [7, 11) is 1.51. The van der Waals surface area contributed by atoms with Crippen LogP contribution >= 0.6 is 50.7 Å². The highest BCUT2D eigenvalue weighted by molar-refractivity contribution is 9.10. The second kappa shape index (κ2) is 8.21. The molecular formula is C16H12BrCl3N2O2. The molecule has 0 aromatic heterocycles. The number of carbonyl (C=O) groups is 2. The Morgan fingerprint density at radius 1 is 1.08 bits per heavy atom. The van der Waals surface area contributed by atoms with Crippen molar-refractivity contribution in [3.05, 3.63) is 61.5 Å². The standard InChI is InChI=1S/C16H12BrCl3N2O2/c1-22(16(24)10-7-9(17)5-6-11(10)18)8-14(23)21-15-12(19)3-2-4-13(15)20/h2-7H,8H2,1H3,(H,21,23). The van der Waals surface area contributed by atoms with Crippen LogP contribution in [0.1, 0.15) is 10.4 Å². The Kier molecular flexibility index (Phi) is 6.52. The van der Waals surface area contributed by atoms with Crippen molar-refractivity contribution in [2.24, 2.45) is 0 Å². The summed E-state index contributed by atoms with van der Waals surface area (Å²) in [6.07, 6.45) is 0. The van der Waals surface area contributed by atoms with Gasteiger partial charge in [0.15, 0.2) is 0 Å². The molecule has 126 valence electrons. The van der Waals surface area contributed by atoms with Crippen molar-refractivity contribution in [2.75, 3.05) is 18.9 Å². The quantitative estimate of drug-likeness (QED) is 0.703. The molecule has 0 unspecified atom stereocenters. The molecule has 0 atom stereocenters. The molecule has 2 amide bonds. The van der Waals surface area contributed by atoms with Crippen LogP contribution in [0.3, 0.4) is 0 Å². The topological polar surface area (TPSA) is 49.4 Å². The summed E-state index contributed by atoms with van der Waals surface area (Å²) in [6, 6.07) is 9.83. The maximum absolute atomic E-state index is 12.4. The number of nitrogens with one attached hydrogen (secondary N) is 1. The zero-order valence-electron chi connectivity index (χ0n) is 12.4. The van der Waals surface area contributed by atoms with Gasteiger partial charge in [-0.3, -0.25) is 9.59 Å². The highest BCUT2D eigenvalue weighted by atomic mass is 79.9.